The summed E-state index contributed by atoms with van der Waals surface area (Å²) in [5, 5.41) is 6.41. The predicted octanol–water partition coefficient (Wildman–Crippen LogP) is 4.24. The highest BCUT2D eigenvalue weighted by molar-refractivity contribution is 7.80. The maximum Gasteiger partial charge on any atom is 0.416 e. The van der Waals surface area contributed by atoms with E-state index in [0.29, 0.717) is 16.8 Å². The van der Waals surface area contributed by atoms with Gasteiger partial charge in [-0.3, -0.25) is 0 Å². The van der Waals surface area contributed by atoms with E-state index in [1.165, 1.54) is 18.9 Å². The topological polar surface area (TPSA) is 24.1 Å². The Morgan fingerprint density at radius 2 is 1.90 bits per heavy atom. The molecule has 1 aliphatic carbocycles. The second-order valence-electron chi connectivity index (χ2n) is 5.11. The van der Waals surface area contributed by atoms with Crippen LogP contribution in [0, 0.1) is 6.92 Å². The second kappa shape index (κ2) is 5.99. The summed E-state index contributed by atoms with van der Waals surface area (Å²) in [4.78, 5) is 0. The molecular formula is C14H17F3N2S. The molecule has 0 spiro atoms. The van der Waals surface area contributed by atoms with Crippen LogP contribution < -0.4 is 10.6 Å². The number of aryl methyl sites for hydroxylation is 1. The fourth-order valence-electron chi connectivity index (χ4n) is 2.35. The van der Waals surface area contributed by atoms with Crippen LogP contribution in [0.2, 0.25) is 0 Å². The molecular weight excluding hydrogens is 285 g/mol. The van der Waals surface area contributed by atoms with Gasteiger partial charge in [-0.05, 0) is 49.7 Å². The van der Waals surface area contributed by atoms with Crippen molar-refractivity contribution in [3.05, 3.63) is 29.3 Å². The third kappa shape index (κ3) is 3.85. The van der Waals surface area contributed by atoms with Crippen LogP contribution in [0.4, 0.5) is 18.9 Å². The van der Waals surface area contributed by atoms with E-state index < -0.39 is 11.7 Å². The average Bonchev–Trinajstić information content (AvgIpc) is 2.83. The maximum atomic E-state index is 12.7. The number of anilines is 1. The molecule has 2 nitrogen and oxygen atoms in total. The Balaban J connectivity index is 2.06. The number of rotatable bonds is 2. The molecule has 2 N–H and O–H groups in total. The van der Waals surface area contributed by atoms with Gasteiger partial charge < -0.3 is 10.6 Å². The number of thiocarbonyl (C=S) groups is 1. The van der Waals surface area contributed by atoms with Gasteiger partial charge in [0.15, 0.2) is 5.11 Å². The van der Waals surface area contributed by atoms with Gasteiger partial charge in [0.05, 0.1) is 5.56 Å². The molecule has 6 heteroatoms. The van der Waals surface area contributed by atoms with Crippen molar-refractivity contribution in [1.29, 1.82) is 0 Å². The largest absolute Gasteiger partial charge is 0.416 e. The van der Waals surface area contributed by atoms with E-state index in [0.717, 1.165) is 30.5 Å². The lowest BCUT2D eigenvalue weighted by Crippen LogP contribution is -2.36. The molecule has 1 aromatic carbocycles. The summed E-state index contributed by atoms with van der Waals surface area (Å²) in [5.74, 6) is 0. The minimum Gasteiger partial charge on any atom is -0.360 e. The fraction of sp³-hybridized carbons (Fsp3) is 0.500. The van der Waals surface area contributed by atoms with Crippen LogP contribution in [0.5, 0.6) is 0 Å². The van der Waals surface area contributed by atoms with Crippen molar-refractivity contribution < 1.29 is 13.2 Å². The van der Waals surface area contributed by atoms with Crippen LogP contribution in [-0.2, 0) is 6.18 Å². The van der Waals surface area contributed by atoms with E-state index in [4.69, 9.17) is 12.2 Å². The van der Waals surface area contributed by atoms with Gasteiger partial charge in [-0.2, -0.15) is 13.2 Å². The molecule has 20 heavy (non-hydrogen) atoms. The minimum atomic E-state index is -4.34. The highest BCUT2D eigenvalue weighted by Gasteiger charge is 2.30. The predicted molar refractivity (Wildman–Crippen MR) is 77.8 cm³/mol. The molecule has 110 valence electrons. The molecule has 0 amide bonds. The Hall–Kier alpha value is -1.30. The summed E-state index contributed by atoms with van der Waals surface area (Å²) < 4.78 is 38.1. The van der Waals surface area contributed by atoms with Crippen molar-refractivity contribution in [3.8, 4) is 0 Å². The standard InChI is InChI=1S/C14H17F3N2S/c1-9-6-7-10(14(15,16)17)8-12(9)19-13(20)18-11-4-2-3-5-11/h6-8,11H,2-5H2,1H3,(H2,18,19,20). The molecule has 1 aromatic rings. The van der Waals surface area contributed by atoms with Crippen molar-refractivity contribution in [3.63, 3.8) is 0 Å². The van der Waals surface area contributed by atoms with Crippen molar-refractivity contribution in [2.45, 2.75) is 44.8 Å². The molecule has 1 fully saturated rings. The summed E-state index contributed by atoms with van der Waals surface area (Å²) in [6, 6.07) is 3.95. The monoisotopic (exact) mass is 302 g/mol. The van der Waals surface area contributed by atoms with Crippen molar-refractivity contribution in [1.82, 2.24) is 5.32 Å². The molecule has 0 bridgehead atoms. The van der Waals surface area contributed by atoms with Gasteiger partial charge in [-0.15, -0.1) is 0 Å². The number of halogens is 3. The minimum absolute atomic E-state index is 0.334. The van der Waals surface area contributed by atoms with Crippen molar-refractivity contribution in [2.75, 3.05) is 5.32 Å². The first-order chi connectivity index (χ1) is 9.36. The molecule has 0 aliphatic heterocycles. The van der Waals surface area contributed by atoms with Crippen LogP contribution in [0.3, 0.4) is 0 Å². The van der Waals surface area contributed by atoms with Crippen LogP contribution in [0.1, 0.15) is 36.8 Å². The molecule has 0 heterocycles. The average molecular weight is 302 g/mol. The van der Waals surface area contributed by atoms with Gasteiger partial charge >= 0.3 is 6.18 Å². The first-order valence-electron chi connectivity index (χ1n) is 6.61. The highest BCUT2D eigenvalue weighted by Crippen LogP contribution is 2.32. The molecule has 0 unspecified atom stereocenters. The van der Waals surface area contributed by atoms with Gasteiger partial charge in [0.25, 0.3) is 0 Å². The summed E-state index contributed by atoms with van der Waals surface area (Å²) in [6.45, 7) is 1.75. The smallest absolute Gasteiger partial charge is 0.360 e. The first-order valence-corrected chi connectivity index (χ1v) is 7.02. The number of alkyl halides is 3. The summed E-state index contributed by atoms with van der Waals surface area (Å²) in [7, 11) is 0. The maximum absolute atomic E-state index is 12.7. The zero-order valence-electron chi connectivity index (χ0n) is 11.2. The first kappa shape index (κ1) is 15.1. The highest BCUT2D eigenvalue weighted by atomic mass is 32.1. The molecule has 0 aromatic heterocycles. The normalized spacial score (nSPS) is 16.2. The van der Waals surface area contributed by atoms with E-state index >= 15 is 0 Å². The SMILES string of the molecule is Cc1ccc(C(F)(F)F)cc1NC(=S)NC1CCCC1. The lowest BCUT2D eigenvalue weighted by molar-refractivity contribution is -0.137. The Morgan fingerprint density at radius 1 is 1.25 bits per heavy atom. The lowest BCUT2D eigenvalue weighted by Gasteiger charge is -2.18. The van der Waals surface area contributed by atoms with Gasteiger partial charge in [-0.25, -0.2) is 0 Å². The summed E-state index contributed by atoms with van der Waals surface area (Å²) in [5.41, 5.74) is 0.457. The molecule has 0 saturated heterocycles. The van der Waals surface area contributed by atoms with Crippen LogP contribution in [-0.4, -0.2) is 11.2 Å². The Kier molecular flexibility index (Phi) is 4.52. The van der Waals surface area contributed by atoms with Crippen LogP contribution >= 0.6 is 12.2 Å². The van der Waals surface area contributed by atoms with Gasteiger partial charge in [0.1, 0.15) is 0 Å². The molecule has 0 radical (unpaired) electrons. The fourth-order valence-corrected chi connectivity index (χ4v) is 2.62. The van der Waals surface area contributed by atoms with Crippen molar-refractivity contribution >= 4 is 23.0 Å². The lowest BCUT2D eigenvalue weighted by atomic mass is 10.1. The van der Waals surface area contributed by atoms with E-state index in [1.54, 1.807) is 6.92 Å². The van der Waals surface area contributed by atoms with Crippen molar-refractivity contribution in [2.24, 2.45) is 0 Å². The molecule has 1 saturated carbocycles. The number of hydrogen-bond acceptors (Lipinski definition) is 1. The number of nitrogens with one attached hydrogen (secondary N) is 2. The van der Waals surface area contributed by atoms with E-state index in [1.807, 2.05) is 0 Å². The van der Waals surface area contributed by atoms with Gasteiger partial charge in [0, 0.05) is 11.7 Å². The quantitative estimate of drug-likeness (QED) is 0.799. The van der Waals surface area contributed by atoms with E-state index in [2.05, 4.69) is 10.6 Å². The number of benzene rings is 1. The molecule has 0 atom stereocenters. The van der Waals surface area contributed by atoms with Crippen LogP contribution in [0.15, 0.2) is 18.2 Å². The van der Waals surface area contributed by atoms with Crippen LogP contribution in [0.25, 0.3) is 0 Å². The second-order valence-corrected chi connectivity index (χ2v) is 5.52. The molecule has 2 rings (SSSR count). The van der Waals surface area contributed by atoms with Gasteiger partial charge in [-0.1, -0.05) is 18.9 Å². The van der Waals surface area contributed by atoms with E-state index in [9.17, 15) is 13.2 Å². The Morgan fingerprint density at radius 3 is 2.50 bits per heavy atom. The van der Waals surface area contributed by atoms with E-state index in [-0.39, 0.29) is 0 Å². The third-order valence-electron chi connectivity index (χ3n) is 3.50. The Labute approximate surface area is 121 Å². The zero-order valence-corrected chi connectivity index (χ0v) is 12.0. The van der Waals surface area contributed by atoms with Gasteiger partial charge in [0.2, 0.25) is 0 Å². The third-order valence-corrected chi connectivity index (χ3v) is 3.72. The zero-order chi connectivity index (χ0) is 14.8. The summed E-state index contributed by atoms with van der Waals surface area (Å²) >= 11 is 5.17. The molecule has 1 aliphatic rings. The Bertz CT molecular complexity index is 494. The summed E-state index contributed by atoms with van der Waals surface area (Å²) in [6.07, 6.45) is 0.114. The number of hydrogen-bond donors (Lipinski definition) is 2.